The molecule has 18 heavy (non-hydrogen) atoms. The Kier molecular flexibility index (Phi) is 5.38. The quantitative estimate of drug-likeness (QED) is 0.808. The first-order valence-electron chi connectivity index (χ1n) is 6.98. The summed E-state index contributed by atoms with van der Waals surface area (Å²) in [7, 11) is -0.883. The number of hydrogen-bond donors (Lipinski definition) is 1. The Hall–Kier alpha value is -0.380. The molecule has 1 N–H and O–H groups in total. The summed E-state index contributed by atoms with van der Waals surface area (Å²) in [4.78, 5) is 12.2. The van der Waals surface area contributed by atoms with E-state index in [1.807, 2.05) is 20.8 Å². The highest BCUT2D eigenvalue weighted by molar-refractivity contribution is 7.86. The van der Waals surface area contributed by atoms with E-state index < -0.39 is 10.8 Å². The van der Waals surface area contributed by atoms with E-state index in [1.54, 1.807) is 0 Å². The minimum absolute atomic E-state index is 0.0992. The molecule has 1 fully saturated rings. The molecule has 1 aliphatic carbocycles. The highest BCUT2D eigenvalue weighted by Crippen LogP contribution is 2.44. The first kappa shape index (κ1) is 15.7. The van der Waals surface area contributed by atoms with Crippen LogP contribution in [0, 0.1) is 5.41 Å². The van der Waals surface area contributed by atoms with E-state index in [0.29, 0.717) is 12.3 Å². The molecule has 3 nitrogen and oxygen atoms in total. The second-order valence-corrected chi connectivity index (χ2v) is 8.63. The van der Waals surface area contributed by atoms with Gasteiger partial charge in [0.15, 0.2) is 0 Å². The molecule has 0 bridgehead atoms. The number of amides is 1. The summed E-state index contributed by atoms with van der Waals surface area (Å²) in [5.74, 6) is 0.735. The normalized spacial score (nSPS) is 20.0. The number of rotatable bonds is 6. The topological polar surface area (TPSA) is 46.2 Å². The third-order valence-electron chi connectivity index (χ3n) is 3.78. The molecule has 0 heterocycles. The molecule has 1 aliphatic rings. The largest absolute Gasteiger partial charge is 0.355 e. The fourth-order valence-corrected chi connectivity index (χ4v) is 3.32. The zero-order chi connectivity index (χ0) is 13.8. The van der Waals surface area contributed by atoms with Gasteiger partial charge in [0, 0.05) is 33.3 Å². The SMILES string of the molecule is CCCC1(C(=O)NCCS(=O)C(C)(C)C)CCC1. The monoisotopic (exact) mass is 273 g/mol. The summed E-state index contributed by atoms with van der Waals surface area (Å²) < 4.78 is 11.7. The summed E-state index contributed by atoms with van der Waals surface area (Å²) in [5, 5.41) is 2.98. The molecule has 1 atom stereocenters. The van der Waals surface area contributed by atoms with Crippen molar-refractivity contribution >= 4 is 16.7 Å². The van der Waals surface area contributed by atoms with Gasteiger partial charge in [-0.1, -0.05) is 19.8 Å². The van der Waals surface area contributed by atoms with Crippen molar-refractivity contribution in [2.24, 2.45) is 5.41 Å². The second-order valence-electron chi connectivity index (χ2n) is 6.30. The van der Waals surface area contributed by atoms with Crippen LogP contribution in [0.5, 0.6) is 0 Å². The molecule has 0 radical (unpaired) electrons. The van der Waals surface area contributed by atoms with Gasteiger partial charge in [-0.05, 0) is 40.0 Å². The van der Waals surface area contributed by atoms with Gasteiger partial charge in [-0.2, -0.15) is 0 Å². The van der Waals surface area contributed by atoms with Gasteiger partial charge in [0.1, 0.15) is 0 Å². The van der Waals surface area contributed by atoms with Gasteiger partial charge < -0.3 is 5.32 Å². The zero-order valence-electron chi connectivity index (χ0n) is 12.2. The lowest BCUT2D eigenvalue weighted by Crippen LogP contribution is -2.46. The number of nitrogens with one attached hydrogen (secondary N) is 1. The van der Waals surface area contributed by atoms with Crippen LogP contribution in [0.1, 0.15) is 59.8 Å². The summed E-state index contributed by atoms with van der Waals surface area (Å²) in [6.07, 6.45) is 5.26. The number of hydrogen-bond acceptors (Lipinski definition) is 2. The molecule has 0 spiro atoms. The van der Waals surface area contributed by atoms with E-state index >= 15 is 0 Å². The highest BCUT2D eigenvalue weighted by Gasteiger charge is 2.42. The third-order valence-corrected chi connectivity index (χ3v) is 5.72. The average Bonchev–Trinajstić information content (AvgIpc) is 2.21. The summed E-state index contributed by atoms with van der Waals surface area (Å²) in [5.41, 5.74) is -0.0992. The fraction of sp³-hybridized carbons (Fsp3) is 0.929. The molecule has 0 aliphatic heterocycles. The maximum absolute atomic E-state index is 12.2. The summed E-state index contributed by atoms with van der Waals surface area (Å²) in [6.45, 7) is 8.57. The molecule has 0 aromatic heterocycles. The van der Waals surface area contributed by atoms with Gasteiger partial charge in [-0.3, -0.25) is 9.00 Å². The molecule has 1 saturated carbocycles. The van der Waals surface area contributed by atoms with Crippen molar-refractivity contribution in [3.63, 3.8) is 0 Å². The van der Waals surface area contributed by atoms with E-state index in [1.165, 1.54) is 6.42 Å². The van der Waals surface area contributed by atoms with Crippen molar-refractivity contribution < 1.29 is 9.00 Å². The van der Waals surface area contributed by atoms with Crippen molar-refractivity contribution in [1.29, 1.82) is 0 Å². The van der Waals surface area contributed by atoms with E-state index in [2.05, 4.69) is 12.2 Å². The Balaban J connectivity index is 2.35. The van der Waals surface area contributed by atoms with Crippen molar-refractivity contribution in [1.82, 2.24) is 5.32 Å². The van der Waals surface area contributed by atoms with Crippen LogP contribution in [-0.4, -0.2) is 27.2 Å². The van der Waals surface area contributed by atoms with Crippen molar-refractivity contribution in [3.8, 4) is 0 Å². The average molecular weight is 273 g/mol. The first-order valence-corrected chi connectivity index (χ1v) is 8.30. The Bertz CT molecular complexity index is 316. The Morgan fingerprint density at radius 3 is 2.33 bits per heavy atom. The first-order chi connectivity index (χ1) is 8.32. The molecular weight excluding hydrogens is 246 g/mol. The van der Waals surface area contributed by atoms with E-state index in [9.17, 15) is 9.00 Å². The molecule has 1 unspecified atom stereocenters. The predicted octanol–water partition coefficient (Wildman–Crippen LogP) is 2.62. The second kappa shape index (κ2) is 6.18. The van der Waals surface area contributed by atoms with E-state index in [0.717, 1.165) is 25.7 Å². The summed E-state index contributed by atoms with van der Waals surface area (Å²) >= 11 is 0. The smallest absolute Gasteiger partial charge is 0.226 e. The van der Waals surface area contributed by atoms with Gasteiger partial charge in [0.05, 0.1) is 0 Å². The predicted molar refractivity (Wildman–Crippen MR) is 77.0 cm³/mol. The summed E-state index contributed by atoms with van der Waals surface area (Å²) in [6, 6.07) is 0. The van der Waals surface area contributed by atoms with Crippen LogP contribution >= 0.6 is 0 Å². The Morgan fingerprint density at radius 2 is 1.94 bits per heavy atom. The van der Waals surface area contributed by atoms with E-state index in [4.69, 9.17) is 0 Å². The van der Waals surface area contributed by atoms with Crippen molar-refractivity contribution in [2.75, 3.05) is 12.3 Å². The van der Waals surface area contributed by atoms with Crippen molar-refractivity contribution in [2.45, 2.75) is 64.5 Å². The molecule has 106 valence electrons. The van der Waals surface area contributed by atoms with Crippen LogP contribution in [0.15, 0.2) is 0 Å². The van der Waals surface area contributed by atoms with E-state index in [-0.39, 0.29) is 16.1 Å². The van der Waals surface area contributed by atoms with Gasteiger partial charge in [-0.15, -0.1) is 0 Å². The van der Waals surface area contributed by atoms with Crippen LogP contribution in [0.4, 0.5) is 0 Å². The molecular formula is C14H27NO2S. The Morgan fingerprint density at radius 1 is 1.33 bits per heavy atom. The van der Waals surface area contributed by atoms with Gasteiger partial charge in [0.25, 0.3) is 0 Å². The lowest BCUT2D eigenvalue weighted by molar-refractivity contribution is -0.136. The molecule has 4 heteroatoms. The minimum atomic E-state index is -0.883. The zero-order valence-corrected chi connectivity index (χ0v) is 13.0. The third kappa shape index (κ3) is 3.81. The molecule has 0 saturated heterocycles. The van der Waals surface area contributed by atoms with Crippen molar-refractivity contribution in [3.05, 3.63) is 0 Å². The molecule has 1 rings (SSSR count). The van der Waals surface area contributed by atoms with Gasteiger partial charge >= 0.3 is 0 Å². The number of carbonyl (C=O) groups excluding carboxylic acids is 1. The lowest BCUT2D eigenvalue weighted by atomic mass is 9.65. The lowest BCUT2D eigenvalue weighted by Gasteiger charge is -2.40. The van der Waals surface area contributed by atoms with Crippen LogP contribution < -0.4 is 5.32 Å². The fourth-order valence-electron chi connectivity index (χ4n) is 2.42. The molecule has 0 aromatic rings. The van der Waals surface area contributed by atoms with Gasteiger partial charge in [-0.25, -0.2) is 0 Å². The Labute approximate surface area is 114 Å². The standard InChI is InChI=1S/C14H27NO2S/c1-5-7-14(8-6-9-14)12(16)15-10-11-18(17)13(2,3)4/h5-11H2,1-4H3,(H,15,16). The minimum Gasteiger partial charge on any atom is -0.355 e. The maximum Gasteiger partial charge on any atom is 0.226 e. The molecule has 0 aromatic carbocycles. The maximum atomic E-state index is 12.2. The number of carbonyl (C=O) groups is 1. The highest BCUT2D eigenvalue weighted by atomic mass is 32.2. The van der Waals surface area contributed by atoms with Crippen LogP contribution in [-0.2, 0) is 15.6 Å². The molecule has 1 amide bonds. The van der Waals surface area contributed by atoms with Crippen LogP contribution in [0.25, 0.3) is 0 Å². The van der Waals surface area contributed by atoms with Gasteiger partial charge in [0.2, 0.25) is 5.91 Å². The van der Waals surface area contributed by atoms with Crippen LogP contribution in [0.2, 0.25) is 0 Å². The van der Waals surface area contributed by atoms with Crippen LogP contribution in [0.3, 0.4) is 0 Å².